The molecule has 4 rings (SSSR count). The molecule has 122 valence electrons. The highest BCUT2D eigenvalue weighted by Gasteiger charge is 2.23. The van der Waals surface area contributed by atoms with Gasteiger partial charge < -0.3 is 9.73 Å². The van der Waals surface area contributed by atoms with Crippen molar-refractivity contribution in [1.82, 2.24) is 20.5 Å². The molecule has 1 aromatic carbocycles. The van der Waals surface area contributed by atoms with Gasteiger partial charge in [-0.1, -0.05) is 37.1 Å². The van der Waals surface area contributed by atoms with Crippen molar-refractivity contribution in [2.24, 2.45) is 5.92 Å². The maximum absolute atomic E-state index is 12.1. The Bertz CT molecular complexity index is 863. The third-order valence-corrected chi connectivity index (χ3v) is 4.48. The summed E-state index contributed by atoms with van der Waals surface area (Å²) in [6.07, 6.45) is 5.94. The number of nitrogens with zero attached hydrogens (tertiary/aromatic N) is 3. The minimum Gasteiger partial charge on any atom is -0.417 e. The van der Waals surface area contributed by atoms with Gasteiger partial charge in [-0.25, -0.2) is 0 Å². The Kier molecular flexibility index (Phi) is 3.94. The largest absolute Gasteiger partial charge is 0.417 e. The first kappa shape index (κ1) is 14.8. The Morgan fingerprint density at radius 2 is 2.00 bits per heavy atom. The molecule has 24 heavy (non-hydrogen) atoms. The number of rotatable bonds is 4. The van der Waals surface area contributed by atoms with E-state index in [0.29, 0.717) is 17.5 Å². The monoisotopic (exact) mass is 322 g/mol. The summed E-state index contributed by atoms with van der Waals surface area (Å²) < 4.78 is 5.69. The Morgan fingerprint density at radius 3 is 2.88 bits per heavy atom. The van der Waals surface area contributed by atoms with Gasteiger partial charge >= 0.3 is 0 Å². The molecule has 3 aromatic rings. The molecular weight excluding hydrogens is 304 g/mol. The summed E-state index contributed by atoms with van der Waals surface area (Å²) in [5, 5.41) is 13.0. The molecule has 6 nitrogen and oxygen atoms in total. The maximum atomic E-state index is 12.1. The summed E-state index contributed by atoms with van der Waals surface area (Å²) in [5.41, 5.74) is 0.661. The number of hydrogen-bond acceptors (Lipinski definition) is 5. The molecule has 0 saturated heterocycles. The Balaban J connectivity index is 1.51. The number of fused-ring (bicyclic) bond motifs is 1. The lowest BCUT2D eigenvalue weighted by Gasteiger charge is -2.07. The second-order valence-corrected chi connectivity index (χ2v) is 6.08. The number of carbonyl (C=O) groups is 1. The van der Waals surface area contributed by atoms with E-state index in [4.69, 9.17) is 4.42 Å². The number of aromatic nitrogens is 3. The fraction of sp³-hybridized carbons (Fsp3) is 0.333. The second kappa shape index (κ2) is 6.39. The molecule has 6 heteroatoms. The highest BCUT2D eigenvalue weighted by molar-refractivity contribution is 5.92. The van der Waals surface area contributed by atoms with Gasteiger partial charge in [0.2, 0.25) is 11.8 Å². The standard InChI is InChI=1S/C18H18N4O2/c23-17(13-6-1-2-7-13)20-11-15-21-22-18(24-15)16-14-8-4-3-5-12(14)9-10-19-16/h3-5,8-10,13H,1-2,6-7,11H2,(H,20,23). The van der Waals surface area contributed by atoms with Crippen LogP contribution in [0.4, 0.5) is 0 Å². The van der Waals surface area contributed by atoms with Gasteiger partial charge in [-0.3, -0.25) is 9.78 Å². The summed E-state index contributed by atoms with van der Waals surface area (Å²) in [4.78, 5) is 16.4. The minimum atomic E-state index is 0.0792. The van der Waals surface area contributed by atoms with Crippen molar-refractivity contribution in [1.29, 1.82) is 0 Å². The molecule has 0 bridgehead atoms. The second-order valence-electron chi connectivity index (χ2n) is 6.08. The number of hydrogen-bond donors (Lipinski definition) is 1. The average Bonchev–Trinajstić information content (AvgIpc) is 3.31. The van der Waals surface area contributed by atoms with Gasteiger partial charge in [-0.15, -0.1) is 10.2 Å². The Hall–Kier alpha value is -2.76. The number of amides is 1. The summed E-state index contributed by atoms with van der Waals surface area (Å²) >= 11 is 0. The van der Waals surface area contributed by atoms with E-state index < -0.39 is 0 Å². The third kappa shape index (κ3) is 2.87. The first-order chi connectivity index (χ1) is 11.8. The zero-order valence-electron chi connectivity index (χ0n) is 13.2. The van der Waals surface area contributed by atoms with E-state index in [-0.39, 0.29) is 18.4 Å². The summed E-state index contributed by atoms with van der Waals surface area (Å²) in [6, 6.07) is 9.86. The van der Waals surface area contributed by atoms with Crippen molar-refractivity contribution in [3.05, 3.63) is 42.4 Å². The fourth-order valence-electron chi connectivity index (χ4n) is 3.21. The van der Waals surface area contributed by atoms with Crippen LogP contribution in [-0.2, 0) is 11.3 Å². The Morgan fingerprint density at radius 1 is 1.17 bits per heavy atom. The van der Waals surface area contributed by atoms with Crippen molar-refractivity contribution in [2.45, 2.75) is 32.2 Å². The predicted molar refractivity (Wildman–Crippen MR) is 88.8 cm³/mol. The van der Waals surface area contributed by atoms with Gasteiger partial charge in [0.05, 0.1) is 6.54 Å². The van der Waals surface area contributed by atoms with Crippen molar-refractivity contribution in [3.8, 4) is 11.6 Å². The van der Waals surface area contributed by atoms with Gasteiger partial charge in [0, 0.05) is 17.5 Å². The van der Waals surface area contributed by atoms with Gasteiger partial charge in [0.15, 0.2) is 0 Å². The summed E-state index contributed by atoms with van der Waals surface area (Å²) in [6.45, 7) is 0.257. The molecule has 0 atom stereocenters. The normalized spacial score (nSPS) is 15.0. The van der Waals surface area contributed by atoms with Crippen molar-refractivity contribution >= 4 is 16.7 Å². The van der Waals surface area contributed by atoms with E-state index in [0.717, 1.165) is 36.5 Å². The van der Waals surface area contributed by atoms with Gasteiger partial charge in [-0.05, 0) is 24.3 Å². The van der Waals surface area contributed by atoms with Crippen LogP contribution in [0.3, 0.4) is 0 Å². The topological polar surface area (TPSA) is 80.9 Å². The number of pyridine rings is 1. The van der Waals surface area contributed by atoms with Crippen LogP contribution in [-0.4, -0.2) is 21.1 Å². The van der Waals surface area contributed by atoms with Gasteiger partial charge in [0.1, 0.15) is 5.69 Å². The molecule has 0 spiro atoms. The lowest BCUT2D eigenvalue weighted by molar-refractivity contribution is -0.125. The SMILES string of the molecule is O=C(NCc1nnc(-c2nccc3ccccc23)o1)C1CCCC1. The summed E-state index contributed by atoms with van der Waals surface area (Å²) in [5.74, 6) is 0.977. The predicted octanol–water partition coefficient (Wildman–Crippen LogP) is 3.09. The van der Waals surface area contributed by atoms with Crippen LogP contribution < -0.4 is 5.32 Å². The molecule has 2 aromatic heterocycles. The van der Waals surface area contributed by atoms with Crippen molar-refractivity contribution < 1.29 is 9.21 Å². The molecule has 1 fully saturated rings. The fourth-order valence-corrected chi connectivity index (χ4v) is 3.21. The maximum Gasteiger partial charge on any atom is 0.266 e. The van der Waals surface area contributed by atoms with E-state index in [1.54, 1.807) is 6.20 Å². The van der Waals surface area contributed by atoms with Crippen LogP contribution in [0.25, 0.3) is 22.4 Å². The van der Waals surface area contributed by atoms with Crippen LogP contribution >= 0.6 is 0 Å². The van der Waals surface area contributed by atoms with Crippen LogP contribution in [0.1, 0.15) is 31.6 Å². The first-order valence-corrected chi connectivity index (χ1v) is 8.25. The highest BCUT2D eigenvalue weighted by atomic mass is 16.4. The Labute approximate surface area is 139 Å². The first-order valence-electron chi connectivity index (χ1n) is 8.25. The quantitative estimate of drug-likeness (QED) is 0.798. The van der Waals surface area contributed by atoms with Crippen LogP contribution in [0.5, 0.6) is 0 Å². The minimum absolute atomic E-state index is 0.0792. The highest BCUT2D eigenvalue weighted by Crippen LogP contribution is 2.26. The van der Waals surface area contributed by atoms with E-state index in [1.807, 2.05) is 30.3 Å². The molecule has 0 aliphatic heterocycles. The number of benzene rings is 1. The van der Waals surface area contributed by atoms with Gasteiger partial charge in [-0.2, -0.15) is 0 Å². The summed E-state index contributed by atoms with van der Waals surface area (Å²) in [7, 11) is 0. The third-order valence-electron chi connectivity index (χ3n) is 4.48. The van der Waals surface area contributed by atoms with Crippen molar-refractivity contribution in [3.63, 3.8) is 0 Å². The smallest absolute Gasteiger partial charge is 0.266 e. The average molecular weight is 322 g/mol. The number of nitrogens with one attached hydrogen (secondary N) is 1. The van der Waals surface area contributed by atoms with Crippen LogP contribution in [0.2, 0.25) is 0 Å². The van der Waals surface area contributed by atoms with E-state index in [2.05, 4.69) is 20.5 Å². The van der Waals surface area contributed by atoms with Crippen LogP contribution in [0.15, 0.2) is 40.9 Å². The zero-order chi connectivity index (χ0) is 16.4. The number of carbonyl (C=O) groups excluding carboxylic acids is 1. The molecule has 2 heterocycles. The molecular formula is C18H18N4O2. The lowest BCUT2D eigenvalue weighted by Crippen LogP contribution is -2.28. The van der Waals surface area contributed by atoms with Gasteiger partial charge in [0.25, 0.3) is 5.89 Å². The molecule has 1 aliphatic carbocycles. The molecule has 1 aliphatic rings. The van der Waals surface area contributed by atoms with E-state index >= 15 is 0 Å². The van der Waals surface area contributed by atoms with Crippen LogP contribution in [0, 0.1) is 5.92 Å². The zero-order valence-corrected chi connectivity index (χ0v) is 13.2. The molecule has 1 saturated carbocycles. The van der Waals surface area contributed by atoms with Crippen molar-refractivity contribution in [2.75, 3.05) is 0 Å². The molecule has 1 amide bonds. The molecule has 1 N–H and O–H groups in total. The van der Waals surface area contributed by atoms with E-state index in [1.165, 1.54) is 0 Å². The lowest BCUT2D eigenvalue weighted by atomic mass is 10.1. The molecule has 0 unspecified atom stereocenters. The van der Waals surface area contributed by atoms with E-state index in [9.17, 15) is 4.79 Å². The molecule has 0 radical (unpaired) electrons.